The van der Waals surface area contributed by atoms with Gasteiger partial charge in [-0.25, -0.2) is 9.59 Å². The number of allylic oxidation sites excluding steroid dienone is 2. The lowest BCUT2D eigenvalue weighted by Crippen LogP contribution is -2.15. The van der Waals surface area contributed by atoms with Crippen LogP contribution < -0.4 is 0 Å². The fraction of sp³-hybridized carbons (Fsp3) is 0.400. The Bertz CT molecular complexity index is 271. The third-order valence-corrected chi connectivity index (χ3v) is 1.40. The van der Waals surface area contributed by atoms with Crippen LogP contribution in [-0.2, 0) is 14.3 Å². The molecule has 0 aromatic heterocycles. The van der Waals surface area contributed by atoms with Crippen molar-refractivity contribution in [1.29, 1.82) is 0 Å². The molecule has 0 rings (SSSR count). The second-order valence-electron chi connectivity index (χ2n) is 2.67. The molecule has 0 unspecified atom stereocenters. The Kier molecular flexibility index (Phi) is 5.85. The molecule has 0 atom stereocenters. The van der Waals surface area contributed by atoms with Crippen LogP contribution in [0.2, 0.25) is 0 Å². The van der Waals surface area contributed by atoms with E-state index >= 15 is 0 Å². The van der Waals surface area contributed by atoms with E-state index in [4.69, 9.17) is 10.2 Å². The fourth-order valence-electron chi connectivity index (χ4n) is 0.742. The van der Waals surface area contributed by atoms with Gasteiger partial charge in [-0.05, 0) is 25.0 Å². The number of esters is 2. The molecule has 0 aromatic carbocycles. The number of rotatable bonds is 4. The maximum Gasteiger partial charge on any atom is 0.380 e. The summed E-state index contributed by atoms with van der Waals surface area (Å²) in [7, 11) is 0. The molecule has 0 aliphatic rings. The zero-order valence-corrected chi connectivity index (χ0v) is 8.69. The van der Waals surface area contributed by atoms with Gasteiger partial charge in [-0.1, -0.05) is 13.8 Å². The van der Waals surface area contributed by atoms with E-state index in [1.807, 2.05) is 0 Å². The molecule has 5 heteroatoms. The summed E-state index contributed by atoms with van der Waals surface area (Å²) in [6, 6.07) is 0. The first-order chi connectivity index (χ1) is 7.02. The molecule has 0 fully saturated rings. The van der Waals surface area contributed by atoms with Gasteiger partial charge in [-0.3, -0.25) is 0 Å². The molecule has 0 radical (unpaired) electrons. The fourth-order valence-corrected chi connectivity index (χ4v) is 0.742. The Balaban J connectivity index is 4.37. The maximum absolute atomic E-state index is 11.0. The van der Waals surface area contributed by atoms with Gasteiger partial charge >= 0.3 is 11.9 Å². The van der Waals surface area contributed by atoms with Gasteiger partial charge in [0.05, 0.1) is 0 Å². The Hall–Kier alpha value is -1.78. The Morgan fingerprint density at radius 2 is 1.33 bits per heavy atom. The van der Waals surface area contributed by atoms with Crippen LogP contribution in [0.4, 0.5) is 0 Å². The van der Waals surface area contributed by atoms with Gasteiger partial charge in [0.15, 0.2) is 11.5 Å². The second kappa shape index (κ2) is 6.64. The van der Waals surface area contributed by atoms with Gasteiger partial charge in [0.2, 0.25) is 0 Å². The topological polar surface area (TPSA) is 83.8 Å². The van der Waals surface area contributed by atoms with Gasteiger partial charge < -0.3 is 14.9 Å². The van der Waals surface area contributed by atoms with Gasteiger partial charge in [0.25, 0.3) is 0 Å². The second-order valence-corrected chi connectivity index (χ2v) is 2.67. The highest BCUT2D eigenvalue weighted by Gasteiger charge is 2.17. The first-order valence-electron chi connectivity index (χ1n) is 4.57. The van der Waals surface area contributed by atoms with Crippen molar-refractivity contribution in [3.63, 3.8) is 0 Å². The van der Waals surface area contributed by atoms with Crippen LogP contribution in [0.25, 0.3) is 0 Å². The van der Waals surface area contributed by atoms with E-state index in [-0.39, 0.29) is 0 Å². The van der Waals surface area contributed by atoms with Crippen molar-refractivity contribution in [2.24, 2.45) is 0 Å². The normalized spacial score (nSPS) is 12.4. The van der Waals surface area contributed by atoms with Crippen LogP contribution >= 0.6 is 0 Å². The van der Waals surface area contributed by atoms with E-state index in [0.29, 0.717) is 12.8 Å². The SMILES string of the molecule is CC/C=C(\O)C(=O)OC(=O)/C(O)=C/CC. The molecule has 2 N–H and O–H groups in total. The molecule has 0 saturated heterocycles. The molecule has 84 valence electrons. The molecule has 0 spiro atoms. The number of carbonyl (C=O) groups is 2. The highest BCUT2D eigenvalue weighted by molar-refractivity contribution is 5.99. The van der Waals surface area contributed by atoms with E-state index in [0.717, 1.165) is 0 Å². The van der Waals surface area contributed by atoms with Crippen LogP contribution in [-0.4, -0.2) is 22.2 Å². The summed E-state index contributed by atoms with van der Waals surface area (Å²) in [5.74, 6) is -3.62. The lowest BCUT2D eigenvalue weighted by molar-refractivity contribution is -0.157. The molecule has 0 bridgehead atoms. The molecule has 0 saturated carbocycles. The minimum atomic E-state index is -1.17. The van der Waals surface area contributed by atoms with E-state index in [2.05, 4.69) is 4.74 Å². The van der Waals surface area contributed by atoms with Gasteiger partial charge in [-0.2, -0.15) is 0 Å². The van der Waals surface area contributed by atoms with Gasteiger partial charge in [0.1, 0.15) is 0 Å². The van der Waals surface area contributed by atoms with E-state index in [1.165, 1.54) is 12.2 Å². The molecular formula is C10H14O5. The Morgan fingerprint density at radius 3 is 1.60 bits per heavy atom. The number of hydrogen-bond acceptors (Lipinski definition) is 5. The summed E-state index contributed by atoms with van der Waals surface area (Å²) in [6.45, 7) is 3.42. The molecule has 5 nitrogen and oxygen atoms in total. The third-order valence-electron chi connectivity index (χ3n) is 1.40. The van der Waals surface area contributed by atoms with Crippen LogP contribution in [0.15, 0.2) is 23.7 Å². The highest BCUT2D eigenvalue weighted by atomic mass is 16.6. The number of ether oxygens (including phenoxy) is 1. The first kappa shape index (κ1) is 13.2. The quantitative estimate of drug-likeness (QED) is 0.322. The molecule has 0 amide bonds. The van der Waals surface area contributed by atoms with Crippen LogP contribution in [0.3, 0.4) is 0 Å². The van der Waals surface area contributed by atoms with Crippen molar-refractivity contribution in [2.45, 2.75) is 26.7 Å². The van der Waals surface area contributed by atoms with Crippen molar-refractivity contribution >= 4 is 11.9 Å². The lowest BCUT2D eigenvalue weighted by atomic mass is 10.3. The monoisotopic (exact) mass is 214 g/mol. The molecule has 15 heavy (non-hydrogen) atoms. The van der Waals surface area contributed by atoms with Crippen molar-refractivity contribution < 1.29 is 24.5 Å². The zero-order valence-electron chi connectivity index (χ0n) is 8.69. The average molecular weight is 214 g/mol. The van der Waals surface area contributed by atoms with Crippen molar-refractivity contribution in [3.8, 4) is 0 Å². The maximum atomic E-state index is 11.0. The number of aliphatic hydroxyl groups is 2. The van der Waals surface area contributed by atoms with Crippen LogP contribution in [0.1, 0.15) is 26.7 Å². The summed E-state index contributed by atoms with van der Waals surface area (Å²) in [6.07, 6.45) is 3.28. The first-order valence-corrected chi connectivity index (χ1v) is 4.57. The highest BCUT2D eigenvalue weighted by Crippen LogP contribution is 2.00. The van der Waals surface area contributed by atoms with E-state index in [1.54, 1.807) is 13.8 Å². The molecular weight excluding hydrogens is 200 g/mol. The molecule has 0 aromatic rings. The Morgan fingerprint density at radius 1 is 1.00 bits per heavy atom. The Labute approximate surface area is 87.7 Å². The number of hydrogen-bond donors (Lipinski definition) is 2. The summed E-state index contributed by atoms with van der Waals surface area (Å²) >= 11 is 0. The summed E-state index contributed by atoms with van der Waals surface area (Å²) in [5, 5.41) is 18.0. The largest absolute Gasteiger partial charge is 0.502 e. The predicted octanol–water partition coefficient (Wildman–Crippen LogP) is 1.76. The lowest BCUT2D eigenvalue weighted by Gasteiger charge is -2.00. The molecule has 0 heterocycles. The number of aliphatic hydroxyl groups excluding tert-OH is 2. The van der Waals surface area contributed by atoms with Crippen molar-refractivity contribution in [2.75, 3.05) is 0 Å². The summed E-state index contributed by atoms with van der Waals surface area (Å²) < 4.78 is 4.16. The predicted molar refractivity (Wildman–Crippen MR) is 53.1 cm³/mol. The van der Waals surface area contributed by atoms with Crippen LogP contribution in [0, 0.1) is 0 Å². The smallest absolute Gasteiger partial charge is 0.380 e. The number of carbonyl (C=O) groups excluding carboxylic acids is 2. The molecule has 0 aliphatic heterocycles. The summed E-state index contributed by atoms with van der Waals surface area (Å²) in [4.78, 5) is 21.9. The minimum Gasteiger partial charge on any atom is -0.502 e. The zero-order chi connectivity index (χ0) is 11.8. The van der Waals surface area contributed by atoms with Gasteiger partial charge in [-0.15, -0.1) is 0 Å². The van der Waals surface area contributed by atoms with E-state index in [9.17, 15) is 9.59 Å². The summed E-state index contributed by atoms with van der Waals surface area (Å²) in [5.41, 5.74) is 0. The minimum absolute atomic E-state index is 0.436. The van der Waals surface area contributed by atoms with E-state index < -0.39 is 23.5 Å². The molecule has 0 aliphatic carbocycles. The van der Waals surface area contributed by atoms with Crippen molar-refractivity contribution in [3.05, 3.63) is 23.7 Å². The standard InChI is InChI=1S/C10H14O5/c1-3-5-7(11)9(13)15-10(14)8(12)6-4-2/h5-6,11-12H,3-4H2,1-2H3/b7-5-,8-6-. The van der Waals surface area contributed by atoms with Crippen molar-refractivity contribution in [1.82, 2.24) is 0 Å². The third kappa shape index (κ3) is 4.85. The van der Waals surface area contributed by atoms with Gasteiger partial charge in [0, 0.05) is 0 Å². The average Bonchev–Trinajstić information content (AvgIpc) is 2.18. The van der Waals surface area contributed by atoms with Crippen LogP contribution in [0.5, 0.6) is 0 Å².